The Balaban J connectivity index is 1.72. The molecule has 0 saturated carbocycles. The van der Waals surface area contributed by atoms with Crippen LogP contribution < -0.4 is 4.74 Å². The van der Waals surface area contributed by atoms with Crippen molar-refractivity contribution >= 4 is 21.1 Å². The number of furan rings is 1. The lowest BCUT2D eigenvalue weighted by Crippen LogP contribution is -2.58. The van der Waals surface area contributed by atoms with E-state index in [1.54, 1.807) is 11.0 Å². The van der Waals surface area contributed by atoms with E-state index in [2.05, 4.69) is 0 Å². The van der Waals surface area contributed by atoms with E-state index in [-0.39, 0.29) is 30.8 Å². The number of hydrogen-bond acceptors (Lipinski definition) is 6. The van der Waals surface area contributed by atoms with Crippen LogP contribution in [0.4, 0.5) is 13.2 Å². The standard InChI is InChI=1S/C21H26F3NO5S/c1-4-28-17-6-5-7-18-16(17)11-19(29-18)14-10-15-8-9-20(12-14,25(15)13(2)3)30-31(26,27)21(22,23)24/h5-7,11,13-15H,4,8-10,12H2,1-3H3. The van der Waals surface area contributed by atoms with Crippen molar-refractivity contribution in [2.45, 2.75) is 75.7 Å². The van der Waals surface area contributed by atoms with Gasteiger partial charge in [-0.25, -0.2) is 4.18 Å². The first kappa shape index (κ1) is 22.4. The number of halogens is 3. The predicted molar refractivity (Wildman–Crippen MR) is 108 cm³/mol. The SMILES string of the molecule is CCOc1cccc2oc(C3CC4CCC(OS(=O)(=O)C(F)(F)F)(C3)N4C(C)C)cc12. The number of ether oxygens (including phenoxy) is 1. The van der Waals surface area contributed by atoms with Gasteiger partial charge < -0.3 is 9.15 Å². The Bertz CT molecular complexity index is 1060. The van der Waals surface area contributed by atoms with Crippen molar-refractivity contribution in [2.24, 2.45) is 0 Å². The number of piperidine rings is 1. The zero-order chi connectivity index (χ0) is 22.6. The number of hydrogen-bond donors (Lipinski definition) is 0. The number of rotatable bonds is 6. The molecule has 172 valence electrons. The van der Waals surface area contributed by atoms with Crippen molar-refractivity contribution in [3.8, 4) is 5.75 Å². The first-order chi connectivity index (χ1) is 14.5. The van der Waals surface area contributed by atoms with Crippen LogP contribution in [0.2, 0.25) is 0 Å². The Hall–Kier alpha value is -1.78. The maximum absolute atomic E-state index is 13.1. The monoisotopic (exact) mass is 461 g/mol. The highest BCUT2D eigenvalue weighted by molar-refractivity contribution is 7.87. The summed E-state index contributed by atoms with van der Waals surface area (Å²) in [7, 11) is -5.74. The van der Waals surface area contributed by atoms with E-state index in [9.17, 15) is 21.6 Å². The van der Waals surface area contributed by atoms with Gasteiger partial charge in [-0.3, -0.25) is 4.90 Å². The molecule has 2 aliphatic rings. The Morgan fingerprint density at radius 1 is 1.32 bits per heavy atom. The number of fused-ring (bicyclic) bond motifs is 3. The van der Waals surface area contributed by atoms with Gasteiger partial charge in [0.25, 0.3) is 0 Å². The van der Waals surface area contributed by atoms with E-state index in [1.165, 1.54) is 0 Å². The Morgan fingerprint density at radius 2 is 2.06 bits per heavy atom. The van der Waals surface area contributed by atoms with Gasteiger partial charge in [0, 0.05) is 24.4 Å². The zero-order valence-corrected chi connectivity index (χ0v) is 18.4. The third-order valence-electron chi connectivity index (χ3n) is 6.20. The van der Waals surface area contributed by atoms with Crippen LogP contribution in [-0.2, 0) is 14.3 Å². The third kappa shape index (κ3) is 3.82. The normalized spacial score (nSPS) is 27.3. The van der Waals surface area contributed by atoms with E-state index in [4.69, 9.17) is 13.3 Å². The molecule has 10 heteroatoms. The van der Waals surface area contributed by atoms with E-state index in [1.807, 2.05) is 39.0 Å². The number of alkyl halides is 3. The molecule has 0 amide bonds. The molecule has 4 rings (SSSR count). The summed E-state index contributed by atoms with van der Waals surface area (Å²) in [4.78, 5) is 1.79. The van der Waals surface area contributed by atoms with E-state index in [0.717, 1.165) is 5.39 Å². The van der Waals surface area contributed by atoms with Crippen molar-refractivity contribution < 1.29 is 34.9 Å². The molecule has 2 bridgehead atoms. The molecule has 0 N–H and O–H groups in total. The summed E-state index contributed by atoms with van der Waals surface area (Å²) in [6, 6.07) is 7.03. The fraction of sp³-hybridized carbons (Fsp3) is 0.619. The molecule has 2 aliphatic heterocycles. The fourth-order valence-corrected chi connectivity index (χ4v) is 5.98. The molecule has 0 aliphatic carbocycles. The fourth-order valence-electron chi connectivity index (χ4n) is 5.24. The highest BCUT2D eigenvalue weighted by atomic mass is 32.2. The van der Waals surface area contributed by atoms with Crippen molar-refractivity contribution in [1.29, 1.82) is 0 Å². The zero-order valence-electron chi connectivity index (χ0n) is 17.6. The van der Waals surface area contributed by atoms with Crippen LogP contribution in [0.1, 0.15) is 58.1 Å². The lowest BCUT2D eigenvalue weighted by molar-refractivity contribution is -0.134. The van der Waals surface area contributed by atoms with Crippen molar-refractivity contribution in [2.75, 3.05) is 6.61 Å². The molecule has 2 aromatic rings. The topological polar surface area (TPSA) is 69.0 Å². The molecule has 6 nitrogen and oxygen atoms in total. The minimum absolute atomic E-state index is 0.0956. The minimum atomic E-state index is -5.74. The van der Waals surface area contributed by atoms with E-state index < -0.39 is 21.4 Å². The number of nitrogens with zero attached hydrogens (tertiary/aromatic N) is 1. The summed E-state index contributed by atoms with van der Waals surface area (Å²) in [5.41, 5.74) is -6.39. The van der Waals surface area contributed by atoms with Gasteiger partial charge in [0.05, 0.1) is 12.0 Å². The summed E-state index contributed by atoms with van der Waals surface area (Å²) >= 11 is 0. The predicted octanol–water partition coefficient (Wildman–Crippen LogP) is 5.14. The van der Waals surface area contributed by atoms with E-state index in [0.29, 0.717) is 36.5 Å². The smallest absolute Gasteiger partial charge is 0.493 e. The quantitative estimate of drug-likeness (QED) is 0.438. The second kappa shape index (κ2) is 7.67. The van der Waals surface area contributed by atoms with Gasteiger partial charge in [-0.2, -0.15) is 21.6 Å². The molecule has 0 spiro atoms. The molecule has 3 heterocycles. The van der Waals surface area contributed by atoms with Crippen LogP contribution in [0, 0.1) is 0 Å². The van der Waals surface area contributed by atoms with Gasteiger partial charge in [-0.1, -0.05) is 6.07 Å². The number of benzene rings is 1. The average molecular weight is 462 g/mol. The van der Waals surface area contributed by atoms with E-state index >= 15 is 0 Å². The highest BCUT2D eigenvalue weighted by Gasteiger charge is 2.60. The summed E-state index contributed by atoms with van der Waals surface area (Å²) in [5, 5.41) is 0.788. The van der Waals surface area contributed by atoms with Gasteiger partial charge in [0.15, 0.2) is 0 Å². The van der Waals surface area contributed by atoms with Crippen LogP contribution in [0.25, 0.3) is 11.0 Å². The molecule has 31 heavy (non-hydrogen) atoms. The lowest BCUT2D eigenvalue weighted by Gasteiger charge is -2.48. The van der Waals surface area contributed by atoms with Crippen LogP contribution in [0.3, 0.4) is 0 Å². The molecule has 3 unspecified atom stereocenters. The Kier molecular flexibility index (Phi) is 5.54. The summed E-state index contributed by atoms with van der Waals surface area (Å²) in [6.07, 6.45) is 1.53. The summed E-state index contributed by atoms with van der Waals surface area (Å²) in [5.74, 6) is 1.01. The lowest BCUT2D eigenvalue weighted by atomic mass is 9.86. The minimum Gasteiger partial charge on any atom is -0.493 e. The van der Waals surface area contributed by atoms with Crippen molar-refractivity contribution in [1.82, 2.24) is 4.90 Å². The molecule has 1 aromatic heterocycles. The molecule has 2 fully saturated rings. The van der Waals surface area contributed by atoms with Crippen LogP contribution in [-0.4, -0.2) is 43.2 Å². The first-order valence-corrected chi connectivity index (χ1v) is 11.8. The Labute approximate surface area is 179 Å². The van der Waals surface area contributed by atoms with Crippen LogP contribution in [0.5, 0.6) is 5.75 Å². The van der Waals surface area contributed by atoms with Gasteiger partial charge in [0.1, 0.15) is 22.8 Å². The van der Waals surface area contributed by atoms with Crippen LogP contribution >= 0.6 is 0 Å². The molecule has 1 aromatic carbocycles. The Morgan fingerprint density at radius 3 is 2.71 bits per heavy atom. The molecule has 0 radical (unpaired) electrons. The summed E-state index contributed by atoms with van der Waals surface area (Å²) < 4.78 is 80.0. The van der Waals surface area contributed by atoms with Gasteiger partial charge in [-0.15, -0.1) is 0 Å². The van der Waals surface area contributed by atoms with Crippen molar-refractivity contribution in [3.63, 3.8) is 0 Å². The maximum Gasteiger partial charge on any atom is 0.523 e. The maximum atomic E-state index is 13.1. The van der Waals surface area contributed by atoms with Gasteiger partial charge in [-0.05, 0) is 58.2 Å². The largest absolute Gasteiger partial charge is 0.523 e. The molecular weight excluding hydrogens is 435 g/mol. The first-order valence-electron chi connectivity index (χ1n) is 10.4. The second-order valence-corrected chi connectivity index (χ2v) is 10.0. The van der Waals surface area contributed by atoms with Crippen molar-refractivity contribution in [3.05, 3.63) is 30.0 Å². The third-order valence-corrected chi connectivity index (χ3v) is 7.30. The highest BCUT2D eigenvalue weighted by Crippen LogP contribution is 2.53. The summed E-state index contributed by atoms with van der Waals surface area (Å²) in [6.45, 7) is 6.04. The van der Waals surface area contributed by atoms with Gasteiger partial charge in [0.2, 0.25) is 0 Å². The second-order valence-electron chi connectivity index (χ2n) is 8.51. The molecule has 3 atom stereocenters. The molecular formula is C21H26F3NO5S. The van der Waals surface area contributed by atoms with Crippen LogP contribution in [0.15, 0.2) is 28.7 Å². The molecule has 2 saturated heterocycles. The van der Waals surface area contributed by atoms with Gasteiger partial charge >= 0.3 is 15.6 Å². The average Bonchev–Trinajstić information content (AvgIpc) is 3.19.